The molecule has 3 atom stereocenters. The van der Waals surface area contributed by atoms with E-state index in [4.69, 9.17) is 5.73 Å². The number of hydrogen-bond donors (Lipinski definition) is 1. The van der Waals surface area contributed by atoms with Crippen LogP contribution in [0.5, 0.6) is 0 Å². The molecule has 1 heterocycles. The summed E-state index contributed by atoms with van der Waals surface area (Å²) in [6, 6.07) is 0.228. The number of amides is 1. The first-order valence-corrected chi connectivity index (χ1v) is 8.86. The van der Waals surface area contributed by atoms with Crippen molar-refractivity contribution in [1.29, 1.82) is 0 Å². The van der Waals surface area contributed by atoms with Gasteiger partial charge in [0.1, 0.15) is 0 Å². The summed E-state index contributed by atoms with van der Waals surface area (Å²) < 4.78 is 0. The SMILES string of the molecule is Cc1nc2c(s1)C(N(C)C(=O)[C@@H]1CCC[C@@H]1CN)CCC2. The summed E-state index contributed by atoms with van der Waals surface area (Å²) in [7, 11) is 1.98. The van der Waals surface area contributed by atoms with E-state index in [2.05, 4.69) is 11.9 Å². The van der Waals surface area contributed by atoms with Crippen molar-refractivity contribution in [3.05, 3.63) is 15.6 Å². The standard InChI is InChI=1S/C16H25N3OS/c1-10-18-13-7-4-8-14(15(13)21-10)19(2)16(20)12-6-3-5-11(12)9-17/h11-12,14H,3-9,17H2,1-2H3/t11-,12-,14?/m1/s1. The number of thiazole rings is 1. The molecule has 2 aliphatic carbocycles. The Morgan fingerprint density at radius 1 is 1.38 bits per heavy atom. The average molecular weight is 307 g/mol. The van der Waals surface area contributed by atoms with Gasteiger partial charge in [-0.25, -0.2) is 4.98 Å². The first kappa shape index (κ1) is 15.0. The average Bonchev–Trinajstić information content (AvgIpc) is 3.09. The van der Waals surface area contributed by atoms with Gasteiger partial charge < -0.3 is 10.6 Å². The van der Waals surface area contributed by atoms with Crippen molar-refractivity contribution in [1.82, 2.24) is 9.88 Å². The van der Waals surface area contributed by atoms with Gasteiger partial charge in [-0.2, -0.15) is 0 Å². The van der Waals surface area contributed by atoms with E-state index in [1.54, 1.807) is 11.3 Å². The van der Waals surface area contributed by atoms with Crippen molar-refractivity contribution >= 4 is 17.2 Å². The van der Waals surface area contributed by atoms with Crippen LogP contribution >= 0.6 is 11.3 Å². The zero-order valence-corrected chi connectivity index (χ0v) is 13.8. The Labute approximate surface area is 130 Å². The van der Waals surface area contributed by atoms with E-state index in [1.165, 1.54) is 10.6 Å². The summed E-state index contributed by atoms with van der Waals surface area (Å²) in [6.45, 7) is 2.70. The lowest BCUT2D eigenvalue weighted by atomic mass is 9.92. The minimum Gasteiger partial charge on any atom is -0.338 e. The summed E-state index contributed by atoms with van der Waals surface area (Å²) >= 11 is 1.76. The Hall–Kier alpha value is -0.940. The van der Waals surface area contributed by atoms with Crippen LogP contribution in [-0.2, 0) is 11.2 Å². The van der Waals surface area contributed by atoms with Crippen LogP contribution in [0, 0.1) is 18.8 Å². The highest BCUT2D eigenvalue weighted by atomic mass is 32.1. The molecule has 0 spiro atoms. The lowest BCUT2D eigenvalue weighted by Crippen LogP contribution is -2.39. The maximum Gasteiger partial charge on any atom is 0.226 e. The Balaban J connectivity index is 1.79. The molecule has 21 heavy (non-hydrogen) atoms. The van der Waals surface area contributed by atoms with E-state index in [-0.39, 0.29) is 12.0 Å². The number of aromatic nitrogens is 1. The lowest BCUT2D eigenvalue weighted by Gasteiger charge is -2.33. The van der Waals surface area contributed by atoms with E-state index in [9.17, 15) is 4.79 Å². The smallest absolute Gasteiger partial charge is 0.226 e. The maximum atomic E-state index is 12.9. The van der Waals surface area contributed by atoms with Crippen LogP contribution in [0.15, 0.2) is 0 Å². The Kier molecular flexibility index (Phi) is 4.31. The fourth-order valence-electron chi connectivity index (χ4n) is 3.95. The van der Waals surface area contributed by atoms with Crippen molar-refractivity contribution < 1.29 is 4.79 Å². The zero-order chi connectivity index (χ0) is 15.0. The number of rotatable bonds is 3. The molecule has 0 aromatic carbocycles. The Bertz CT molecular complexity index is 528. The van der Waals surface area contributed by atoms with E-state index in [0.717, 1.165) is 43.5 Å². The van der Waals surface area contributed by atoms with Crippen molar-refractivity contribution in [2.45, 2.75) is 51.5 Å². The lowest BCUT2D eigenvalue weighted by molar-refractivity contribution is -0.137. The van der Waals surface area contributed by atoms with Crippen molar-refractivity contribution in [3.8, 4) is 0 Å². The number of aryl methyl sites for hydroxylation is 2. The quantitative estimate of drug-likeness (QED) is 0.934. The topological polar surface area (TPSA) is 59.2 Å². The predicted octanol–water partition coefficient (Wildman–Crippen LogP) is 2.66. The monoisotopic (exact) mass is 307 g/mol. The van der Waals surface area contributed by atoms with Gasteiger partial charge in [0.2, 0.25) is 5.91 Å². The molecular formula is C16H25N3OS. The molecule has 4 nitrogen and oxygen atoms in total. The number of nitrogens with two attached hydrogens (primary N) is 1. The molecule has 2 N–H and O–H groups in total. The minimum absolute atomic E-state index is 0.138. The third kappa shape index (κ3) is 2.73. The largest absolute Gasteiger partial charge is 0.338 e. The van der Waals surface area contributed by atoms with Crippen molar-refractivity contribution in [2.75, 3.05) is 13.6 Å². The molecule has 0 aliphatic heterocycles. The Morgan fingerprint density at radius 3 is 2.95 bits per heavy atom. The van der Waals surface area contributed by atoms with E-state index < -0.39 is 0 Å². The maximum absolute atomic E-state index is 12.9. The van der Waals surface area contributed by atoms with Gasteiger partial charge in [0.05, 0.1) is 21.6 Å². The van der Waals surface area contributed by atoms with Crippen LogP contribution in [0.2, 0.25) is 0 Å². The van der Waals surface area contributed by atoms with E-state index in [0.29, 0.717) is 18.4 Å². The first-order chi connectivity index (χ1) is 10.1. The third-order valence-corrected chi connectivity index (χ3v) is 6.24. The summed E-state index contributed by atoms with van der Waals surface area (Å²) in [5.74, 6) is 0.817. The second-order valence-corrected chi connectivity index (χ2v) is 7.67. The summed E-state index contributed by atoms with van der Waals surface area (Å²) in [5.41, 5.74) is 7.06. The van der Waals surface area contributed by atoms with E-state index >= 15 is 0 Å². The number of carbonyl (C=O) groups is 1. The van der Waals surface area contributed by atoms with Gasteiger partial charge in [-0.15, -0.1) is 11.3 Å². The second kappa shape index (κ2) is 6.05. The molecular weight excluding hydrogens is 282 g/mol. The van der Waals surface area contributed by atoms with Gasteiger partial charge in [0.25, 0.3) is 0 Å². The molecule has 2 aliphatic rings. The van der Waals surface area contributed by atoms with Crippen molar-refractivity contribution in [3.63, 3.8) is 0 Å². The van der Waals surface area contributed by atoms with Crippen LogP contribution in [0.3, 0.4) is 0 Å². The normalized spacial score (nSPS) is 28.4. The molecule has 1 aromatic rings. The van der Waals surface area contributed by atoms with Gasteiger partial charge in [0, 0.05) is 13.0 Å². The highest BCUT2D eigenvalue weighted by Gasteiger charge is 2.37. The van der Waals surface area contributed by atoms with Gasteiger partial charge in [0.15, 0.2) is 0 Å². The molecule has 1 saturated carbocycles. The van der Waals surface area contributed by atoms with Gasteiger partial charge in [-0.3, -0.25) is 4.79 Å². The second-order valence-electron chi connectivity index (χ2n) is 6.43. The molecule has 0 radical (unpaired) electrons. The van der Waals surface area contributed by atoms with Crippen LogP contribution in [0.1, 0.15) is 53.7 Å². The van der Waals surface area contributed by atoms with Gasteiger partial charge >= 0.3 is 0 Å². The number of carbonyl (C=O) groups excluding carboxylic acids is 1. The van der Waals surface area contributed by atoms with Crippen molar-refractivity contribution in [2.24, 2.45) is 17.6 Å². The zero-order valence-electron chi connectivity index (χ0n) is 13.0. The molecule has 116 valence electrons. The molecule has 5 heteroatoms. The molecule has 1 amide bonds. The summed E-state index contributed by atoms with van der Waals surface area (Å²) in [5, 5.41) is 1.12. The van der Waals surface area contributed by atoms with Crippen LogP contribution in [-0.4, -0.2) is 29.4 Å². The summed E-state index contributed by atoms with van der Waals surface area (Å²) in [6.07, 6.45) is 6.51. The number of nitrogens with zero attached hydrogens (tertiary/aromatic N) is 2. The highest BCUT2D eigenvalue weighted by Crippen LogP contribution is 2.40. The molecule has 1 aromatic heterocycles. The minimum atomic E-state index is 0.138. The van der Waals surface area contributed by atoms with Gasteiger partial charge in [-0.05, 0) is 51.5 Å². The number of fused-ring (bicyclic) bond motifs is 1. The fraction of sp³-hybridized carbons (Fsp3) is 0.750. The molecule has 1 fully saturated rings. The Morgan fingerprint density at radius 2 is 2.19 bits per heavy atom. The van der Waals surface area contributed by atoms with Gasteiger partial charge in [-0.1, -0.05) is 6.42 Å². The molecule has 0 saturated heterocycles. The van der Waals surface area contributed by atoms with Crippen LogP contribution in [0.4, 0.5) is 0 Å². The number of hydrogen-bond acceptors (Lipinski definition) is 4. The molecule has 1 unspecified atom stereocenters. The third-order valence-electron chi connectivity index (χ3n) is 5.12. The molecule has 3 rings (SSSR count). The highest BCUT2D eigenvalue weighted by molar-refractivity contribution is 7.11. The summed E-state index contributed by atoms with van der Waals surface area (Å²) in [4.78, 5) is 20.8. The predicted molar refractivity (Wildman–Crippen MR) is 85.2 cm³/mol. The molecule has 0 bridgehead atoms. The first-order valence-electron chi connectivity index (χ1n) is 8.04. The van der Waals surface area contributed by atoms with E-state index in [1.807, 2.05) is 11.9 Å². The van der Waals surface area contributed by atoms with Crippen LogP contribution in [0.25, 0.3) is 0 Å². The fourth-order valence-corrected chi connectivity index (χ4v) is 5.10. The van der Waals surface area contributed by atoms with Crippen LogP contribution < -0.4 is 5.73 Å².